The van der Waals surface area contributed by atoms with Gasteiger partial charge in [0.1, 0.15) is 13.2 Å². The van der Waals surface area contributed by atoms with Crippen LogP contribution in [-0.2, 0) is 28.6 Å². The second kappa shape index (κ2) is 57.9. The quantitative estimate of drug-likeness (QED) is 0.0199. The molecule has 0 aromatic carbocycles. The van der Waals surface area contributed by atoms with Crippen molar-refractivity contribution in [1.29, 1.82) is 0 Å². The largest absolute Gasteiger partial charge is 0.462 e. The lowest BCUT2D eigenvalue weighted by atomic mass is 10.1. The first-order valence-electron chi connectivity index (χ1n) is 28.5. The van der Waals surface area contributed by atoms with Crippen molar-refractivity contribution in [2.45, 2.75) is 232 Å². The molecule has 71 heavy (non-hydrogen) atoms. The fraction of sp³-hybridized carbons (Fsp3) is 0.585. The number of hydrogen-bond donors (Lipinski definition) is 0. The van der Waals surface area contributed by atoms with E-state index in [0.29, 0.717) is 19.3 Å². The average molecular weight is 980 g/mol. The number of ether oxygens (including phenoxy) is 3. The number of carbonyl (C=O) groups is 3. The SMILES string of the molecule is CC\C=C/C=C\C=C/C=C\C=C\C=C/CCCCCC(=O)OCC(COC(=O)CCCCCCC\C=C/C=C\C=C/C=C\C=C/CCC)OC(=O)CCCCCCC/C=C\CCCCCCCCCCC. The molecule has 0 aliphatic carbocycles. The monoisotopic (exact) mass is 979 g/mol. The highest BCUT2D eigenvalue weighted by atomic mass is 16.6. The Bertz CT molecular complexity index is 1590. The summed E-state index contributed by atoms with van der Waals surface area (Å²) in [4.78, 5) is 38.2. The molecule has 1 unspecified atom stereocenters. The maximum Gasteiger partial charge on any atom is 0.306 e. The Morgan fingerprint density at radius 1 is 0.296 bits per heavy atom. The van der Waals surface area contributed by atoms with Crippen LogP contribution >= 0.6 is 0 Å². The van der Waals surface area contributed by atoms with E-state index < -0.39 is 6.10 Å². The highest BCUT2D eigenvalue weighted by molar-refractivity contribution is 5.71. The molecule has 6 nitrogen and oxygen atoms in total. The van der Waals surface area contributed by atoms with Gasteiger partial charge in [-0.15, -0.1) is 0 Å². The fourth-order valence-corrected chi connectivity index (χ4v) is 7.32. The van der Waals surface area contributed by atoms with Gasteiger partial charge in [-0.3, -0.25) is 14.4 Å². The van der Waals surface area contributed by atoms with Crippen molar-refractivity contribution in [2.24, 2.45) is 0 Å². The maximum atomic E-state index is 12.9. The first kappa shape index (κ1) is 66.3. The van der Waals surface area contributed by atoms with E-state index in [2.05, 4.69) is 75.5 Å². The van der Waals surface area contributed by atoms with Gasteiger partial charge < -0.3 is 14.2 Å². The minimum absolute atomic E-state index is 0.115. The smallest absolute Gasteiger partial charge is 0.306 e. The molecular weight excluding hydrogens is 877 g/mol. The molecule has 0 saturated heterocycles. The lowest BCUT2D eigenvalue weighted by molar-refractivity contribution is -0.167. The van der Waals surface area contributed by atoms with Crippen LogP contribution in [0.1, 0.15) is 226 Å². The number of esters is 3. The molecule has 398 valence electrons. The van der Waals surface area contributed by atoms with E-state index in [1.165, 1.54) is 77.0 Å². The Balaban J connectivity index is 4.57. The Morgan fingerprint density at radius 2 is 0.592 bits per heavy atom. The Morgan fingerprint density at radius 3 is 0.972 bits per heavy atom. The summed E-state index contributed by atoms with van der Waals surface area (Å²) in [5, 5.41) is 0. The van der Waals surface area contributed by atoms with Gasteiger partial charge >= 0.3 is 17.9 Å². The zero-order chi connectivity index (χ0) is 51.4. The first-order valence-corrected chi connectivity index (χ1v) is 28.5. The topological polar surface area (TPSA) is 78.9 Å². The van der Waals surface area contributed by atoms with Gasteiger partial charge in [0.2, 0.25) is 0 Å². The molecule has 0 fully saturated rings. The van der Waals surface area contributed by atoms with E-state index in [9.17, 15) is 14.4 Å². The molecule has 0 aliphatic rings. The fourth-order valence-electron chi connectivity index (χ4n) is 7.32. The third kappa shape index (κ3) is 56.1. The first-order chi connectivity index (χ1) is 35.0. The summed E-state index contributed by atoms with van der Waals surface area (Å²) in [5.74, 6) is -0.996. The zero-order valence-corrected chi connectivity index (χ0v) is 45.4. The Hall–Kier alpha value is -4.71. The van der Waals surface area contributed by atoms with E-state index >= 15 is 0 Å². The van der Waals surface area contributed by atoms with Crippen molar-refractivity contribution >= 4 is 17.9 Å². The molecule has 0 heterocycles. The van der Waals surface area contributed by atoms with Crippen molar-refractivity contribution in [1.82, 2.24) is 0 Å². The van der Waals surface area contributed by atoms with Gasteiger partial charge in [-0.05, 0) is 83.5 Å². The van der Waals surface area contributed by atoms with Crippen molar-refractivity contribution in [3.8, 4) is 0 Å². The van der Waals surface area contributed by atoms with Gasteiger partial charge in [0.25, 0.3) is 0 Å². The third-order valence-electron chi connectivity index (χ3n) is 11.6. The molecule has 0 N–H and O–H groups in total. The number of unbranched alkanes of at least 4 members (excludes halogenated alkanes) is 23. The van der Waals surface area contributed by atoms with E-state index in [-0.39, 0.29) is 31.1 Å². The number of rotatable bonds is 49. The van der Waals surface area contributed by atoms with E-state index in [1.807, 2.05) is 91.1 Å². The van der Waals surface area contributed by atoms with Gasteiger partial charge in [-0.25, -0.2) is 0 Å². The van der Waals surface area contributed by atoms with Crippen LogP contribution in [0.4, 0.5) is 0 Å². The second-order valence-corrected chi connectivity index (χ2v) is 18.4. The molecule has 1 atom stereocenters. The van der Waals surface area contributed by atoms with Gasteiger partial charge in [-0.1, -0.05) is 269 Å². The van der Waals surface area contributed by atoms with Gasteiger partial charge in [0, 0.05) is 19.3 Å². The van der Waals surface area contributed by atoms with Crippen LogP contribution < -0.4 is 0 Å². The van der Waals surface area contributed by atoms with Gasteiger partial charge in [0.15, 0.2) is 6.10 Å². The zero-order valence-electron chi connectivity index (χ0n) is 45.4. The molecule has 0 bridgehead atoms. The number of hydrogen-bond acceptors (Lipinski definition) is 6. The normalized spacial score (nSPS) is 13.2. The number of carbonyl (C=O) groups excluding carboxylic acids is 3. The Labute approximate surface area is 436 Å². The lowest BCUT2D eigenvalue weighted by Gasteiger charge is -2.18. The highest BCUT2D eigenvalue weighted by Crippen LogP contribution is 2.14. The van der Waals surface area contributed by atoms with Gasteiger partial charge in [0.05, 0.1) is 0 Å². The molecule has 0 aromatic rings. The van der Waals surface area contributed by atoms with E-state index in [0.717, 1.165) is 109 Å². The predicted octanol–water partition coefficient (Wildman–Crippen LogP) is 19.2. The number of allylic oxidation sites excluding steroid dienone is 24. The molecule has 6 heteroatoms. The molecule has 0 radical (unpaired) electrons. The van der Waals surface area contributed by atoms with E-state index in [4.69, 9.17) is 14.2 Å². The van der Waals surface area contributed by atoms with Crippen molar-refractivity contribution in [2.75, 3.05) is 13.2 Å². The summed E-state index contributed by atoms with van der Waals surface area (Å²) < 4.78 is 16.8. The van der Waals surface area contributed by atoms with Crippen molar-refractivity contribution in [3.63, 3.8) is 0 Å². The average Bonchev–Trinajstić information content (AvgIpc) is 3.37. The summed E-state index contributed by atoms with van der Waals surface area (Å²) in [5.41, 5.74) is 0. The predicted molar refractivity (Wildman–Crippen MR) is 306 cm³/mol. The van der Waals surface area contributed by atoms with Crippen LogP contribution in [0.2, 0.25) is 0 Å². The van der Waals surface area contributed by atoms with Crippen molar-refractivity contribution < 1.29 is 28.6 Å². The summed E-state index contributed by atoms with van der Waals surface area (Å²) in [6.07, 6.45) is 82.5. The van der Waals surface area contributed by atoms with Crippen LogP contribution in [-0.4, -0.2) is 37.2 Å². The van der Waals surface area contributed by atoms with E-state index in [1.54, 1.807) is 0 Å². The van der Waals surface area contributed by atoms with Crippen LogP contribution in [0.15, 0.2) is 146 Å². The molecular formula is C65H102O6. The molecule has 0 amide bonds. The minimum Gasteiger partial charge on any atom is -0.462 e. The molecule has 0 aromatic heterocycles. The molecule has 0 rings (SSSR count). The van der Waals surface area contributed by atoms with Crippen LogP contribution in [0, 0.1) is 0 Å². The molecule has 0 saturated carbocycles. The van der Waals surface area contributed by atoms with Gasteiger partial charge in [-0.2, -0.15) is 0 Å². The van der Waals surface area contributed by atoms with Crippen LogP contribution in [0.5, 0.6) is 0 Å². The summed E-state index contributed by atoms with van der Waals surface area (Å²) in [6, 6.07) is 0. The lowest BCUT2D eigenvalue weighted by Crippen LogP contribution is -2.30. The Kier molecular flexibility index (Phi) is 54.0. The summed E-state index contributed by atoms with van der Waals surface area (Å²) in [7, 11) is 0. The molecule has 0 spiro atoms. The second-order valence-electron chi connectivity index (χ2n) is 18.4. The van der Waals surface area contributed by atoms with Crippen molar-refractivity contribution in [3.05, 3.63) is 146 Å². The summed E-state index contributed by atoms with van der Waals surface area (Å²) >= 11 is 0. The highest BCUT2D eigenvalue weighted by Gasteiger charge is 2.19. The maximum absolute atomic E-state index is 12.9. The third-order valence-corrected chi connectivity index (χ3v) is 11.6. The van der Waals surface area contributed by atoms with Crippen LogP contribution in [0.25, 0.3) is 0 Å². The van der Waals surface area contributed by atoms with Crippen LogP contribution in [0.3, 0.4) is 0 Å². The molecule has 0 aliphatic heterocycles. The minimum atomic E-state index is -0.819. The standard InChI is InChI=1S/C65H102O6/c1-4-7-10-13-16-19-22-25-28-31-34-37-40-43-46-49-52-55-58-64(67)70-61-62(60-69-63(66)57-54-51-48-45-42-39-36-33-30-27-24-21-18-15-12-9-6-3)71-65(68)59-56-53-50-47-44-41-38-35-32-29-26-23-20-17-14-11-8-5-2/h9-10,12-13,15-16,18-19,21-22,24-25,27-28,30-31,33-39,42,62H,4-8,11,14,17,20,23,26,29,32,40-41,43-61H2,1-3H3/b12-9-,13-10-,18-15-,19-16-,24-21-,25-22-,30-27-,31-28-,36-33+,37-34-,38-35-,42-39-. The summed E-state index contributed by atoms with van der Waals surface area (Å²) in [6.45, 7) is 6.33.